The molecule has 9 nitrogen and oxygen atoms in total. The van der Waals surface area contributed by atoms with Crippen LogP contribution in [0.2, 0.25) is 0 Å². The summed E-state index contributed by atoms with van der Waals surface area (Å²) in [5.41, 5.74) is 4.45. The molecule has 2 N–H and O–H groups in total. The van der Waals surface area contributed by atoms with E-state index in [1.807, 2.05) is 54.6 Å². The van der Waals surface area contributed by atoms with E-state index in [4.69, 9.17) is 4.74 Å². The quantitative estimate of drug-likeness (QED) is 0.184. The average molecular weight is 535 g/mol. The van der Waals surface area contributed by atoms with Crippen molar-refractivity contribution < 1.29 is 19.2 Å². The molecule has 0 fully saturated rings. The second-order valence-electron chi connectivity index (χ2n) is 8.84. The van der Waals surface area contributed by atoms with Crippen molar-refractivity contribution in [3.8, 4) is 5.75 Å². The number of hydrogen-bond acceptors (Lipinski definition) is 7. The van der Waals surface area contributed by atoms with Gasteiger partial charge in [-0.2, -0.15) is 16.9 Å². The Labute approximate surface area is 225 Å². The molecule has 3 aromatic carbocycles. The topological polar surface area (TPSA) is 123 Å². The van der Waals surface area contributed by atoms with Crippen LogP contribution >= 0.6 is 11.8 Å². The number of hydrazone groups is 1. The number of hydrogen-bond donors (Lipinski definition) is 2. The normalized spacial score (nSPS) is 11.8. The van der Waals surface area contributed by atoms with Crippen LogP contribution in [0.3, 0.4) is 0 Å². The van der Waals surface area contributed by atoms with Crippen molar-refractivity contribution in [3.05, 3.63) is 106 Å². The Morgan fingerprint density at radius 1 is 1.03 bits per heavy atom. The first-order chi connectivity index (χ1) is 18.3. The van der Waals surface area contributed by atoms with Gasteiger partial charge in [0.1, 0.15) is 11.8 Å². The largest absolute Gasteiger partial charge is 0.493 e. The van der Waals surface area contributed by atoms with E-state index in [0.717, 1.165) is 16.9 Å². The van der Waals surface area contributed by atoms with Gasteiger partial charge in [0.2, 0.25) is 0 Å². The molecule has 3 rings (SSSR count). The van der Waals surface area contributed by atoms with E-state index in [2.05, 4.69) is 29.7 Å². The molecule has 0 aliphatic carbocycles. The van der Waals surface area contributed by atoms with Crippen LogP contribution in [0.5, 0.6) is 5.75 Å². The van der Waals surface area contributed by atoms with E-state index in [9.17, 15) is 19.7 Å². The highest BCUT2D eigenvalue weighted by Gasteiger charge is 2.22. The standard InChI is InChI=1S/C28H30N4O5S/c1-20(2)17-37-25-14-8-21(9-15-25)16-29-31-28(34)26(19-38-18-22-6-4-3-5-7-22)30-27(33)23-10-12-24(13-11-23)32(35)36/h3-16,20,26H,17-19H2,1-2H3,(H,30,33)(H,31,34)/b29-16-/t26-/m0/s1. The molecule has 3 aromatic rings. The summed E-state index contributed by atoms with van der Waals surface area (Å²) < 4.78 is 5.67. The van der Waals surface area contributed by atoms with E-state index in [1.54, 1.807) is 0 Å². The zero-order valence-electron chi connectivity index (χ0n) is 21.2. The molecule has 38 heavy (non-hydrogen) atoms. The van der Waals surface area contributed by atoms with Crippen LogP contribution in [-0.2, 0) is 10.5 Å². The molecule has 0 unspecified atom stereocenters. The number of nitrogens with one attached hydrogen (secondary N) is 2. The van der Waals surface area contributed by atoms with Crippen LogP contribution in [0.25, 0.3) is 0 Å². The van der Waals surface area contributed by atoms with Gasteiger partial charge in [0.05, 0.1) is 17.7 Å². The maximum atomic E-state index is 12.9. The lowest BCUT2D eigenvalue weighted by atomic mass is 10.2. The third-order valence-corrected chi connectivity index (χ3v) is 6.32. The number of carbonyl (C=O) groups excluding carboxylic acids is 2. The number of rotatable bonds is 13. The monoisotopic (exact) mass is 534 g/mol. The van der Waals surface area contributed by atoms with Gasteiger partial charge in [0, 0.05) is 29.2 Å². The summed E-state index contributed by atoms with van der Waals surface area (Å²) in [6, 6.07) is 21.4. The Kier molecular flexibility index (Phi) is 10.9. The van der Waals surface area contributed by atoms with Crippen molar-refractivity contribution in [1.82, 2.24) is 10.7 Å². The number of nitro benzene ring substituents is 1. The van der Waals surface area contributed by atoms with Gasteiger partial charge in [0.15, 0.2) is 0 Å². The first-order valence-electron chi connectivity index (χ1n) is 12.0. The Morgan fingerprint density at radius 3 is 2.34 bits per heavy atom. The zero-order valence-corrected chi connectivity index (χ0v) is 22.0. The van der Waals surface area contributed by atoms with Gasteiger partial charge in [-0.25, -0.2) is 5.43 Å². The highest BCUT2D eigenvalue weighted by molar-refractivity contribution is 7.98. The molecular weight excluding hydrogens is 504 g/mol. The van der Waals surface area contributed by atoms with Crippen molar-refractivity contribution in [2.75, 3.05) is 12.4 Å². The van der Waals surface area contributed by atoms with Crippen LogP contribution in [-0.4, -0.2) is 41.4 Å². The second kappa shape index (κ2) is 14.5. The molecule has 0 saturated carbocycles. The molecule has 0 aromatic heterocycles. The van der Waals surface area contributed by atoms with Crippen molar-refractivity contribution >= 4 is 35.5 Å². The number of thioether (sulfide) groups is 1. The van der Waals surface area contributed by atoms with Crippen LogP contribution < -0.4 is 15.5 Å². The minimum atomic E-state index is -0.879. The fraction of sp³-hybridized carbons (Fsp3) is 0.250. The summed E-state index contributed by atoms with van der Waals surface area (Å²) in [6.07, 6.45) is 1.51. The third-order valence-electron chi connectivity index (χ3n) is 5.21. The van der Waals surface area contributed by atoms with Gasteiger partial charge in [-0.05, 0) is 53.4 Å². The number of nitrogens with zero attached hydrogens (tertiary/aromatic N) is 2. The fourth-order valence-electron chi connectivity index (χ4n) is 3.19. The summed E-state index contributed by atoms with van der Waals surface area (Å²) in [6.45, 7) is 4.77. The summed E-state index contributed by atoms with van der Waals surface area (Å²) in [4.78, 5) is 36.1. The van der Waals surface area contributed by atoms with Crippen LogP contribution in [0.15, 0.2) is 84.0 Å². The smallest absolute Gasteiger partial charge is 0.269 e. The first-order valence-corrected chi connectivity index (χ1v) is 13.2. The number of benzene rings is 3. The lowest BCUT2D eigenvalue weighted by Crippen LogP contribution is -2.47. The summed E-state index contributed by atoms with van der Waals surface area (Å²) in [5.74, 6) is 1.15. The van der Waals surface area contributed by atoms with Crippen LogP contribution in [0.1, 0.15) is 35.3 Å². The summed E-state index contributed by atoms with van der Waals surface area (Å²) >= 11 is 1.49. The van der Waals surface area contributed by atoms with Gasteiger partial charge < -0.3 is 10.1 Å². The van der Waals surface area contributed by atoms with Gasteiger partial charge in [-0.1, -0.05) is 44.2 Å². The van der Waals surface area contributed by atoms with Crippen molar-refractivity contribution in [2.24, 2.45) is 11.0 Å². The summed E-state index contributed by atoms with van der Waals surface area (Å²) in [7, 11) is 0. The molecule has 198 valence electrons. The lowest BCUT2D eigenvalue weighted by Gasteiger charge is -2.17. The number of ether oxygens (including phenoxy) is 1. The van der Waals surface area contributed by atoms with Crippen molar-refractivity contribution in [1.29, 1.82) is 0 Å². The minimum Gasteiger partial charge on any atom is -0.493 e. The van der Waals surface area contributed by atoms with Gasteiger partial charge in [-0.15, -0.1) is 0 Å². The third kappa shape index (κ3) is 9.36. The predicted octanol–water partition coefficient (Wildman–Crippen LogP) is 4.81. The molecule has 10 heteroatoms. The van der Waals surface area contributed by atoms with E-state index in [0.29, 0.717) is 24.0 Å². The highest BCUT2D eigenvalue weighted by Crippen LogP contribution is 2.15. The molecule has 0 aliphatic rings. The average Bonchev–Trinajstić information content (AvgIpc) is 2.92. The minimum absolute atomic E-state index is 0.122. The highest BCUT2D eigenvalue weighted by atomic mass is 32.2. The maximum Gasteiger partial charge on any atom is 0.269 e. The van der Waals surface area contributed by atoms with Gasteiger partial charge in [-0.3, -0.25) is 19.7 Å². The Morgan fingerprint density at radius 2 is 1.71 bits per heavy atom. The molecule has 0 bridgehead atoms. The SMILES string of the molecule is CC(C)COc1ccc(/C=N\NC(=O)[C@H](CSCc2ccccc2)NC(=O)c2ccc([N+](=O)[O-])cc2)cc1. The molecule has 1 atom stereocenters. The fourth-order valence-corrected chi connectivity index (χ4v) is 4.21. The van der Waals surface area contributed by atoms with Gasteiger partial charge in [0.25, 0.3) is 17.5 Å². The molecule has 0 saturated heterocycles. The molecule has 0 heterocycles. The van der Waals surface area contributed by atoms with E-state index < -0.39 is 22.8 Å². The van der Waals surface area contributed by atoms with E-state index in [1.165, 1.54) is 42.2 Å². The number of non-ortho nitro benzene ring substituents is 1. The number of carbonyl (C=O) groups is 2. The van der Waals surface area contributed by atoms with Gasteiger partial charge >= 0.3 is 0 Å². The zero-order chi connectivity index (χ0) is 27.3. The first kappa shape index (κ1) is 28.4. The van der Waals surface area contributed by atoms with E-state index >= 15 is 0 Å². The Hall–Kier alpha value is -4.18. The molecule has 0 spiro atoms. The maximum absolute atomic E-state index is 12.9. The molecule has 2 amide bonds. The molecule has 0 radical (unpaired) electrons. The number of nitro groups is 1. The molecular formula is C28H30N4O5S. The predicted molar refractivity (Wildman–Crippen MR) is 149 cm³/mol. The molecule has 0 aliphatic heterocycles. The number of amides is 2. The van der Waals surface area contributed by atoms with E-state index in [-0.39, 0.29) is 11.3 Å². The second-order valence-corrected chi connectivity index (χ2v) is 9.87. The van der Waals surface area contributed by atoms with Crippen molar-refractivity contribution in [2.45, 2.75) is 25.6 Å². The van der Waals surface area contributed by atoms with Crippen LogP contribution in [0.4, 0.5) is 5.69 Å². The Bertz CT molecular complexity index is 1230. The van der Waals surface area contributed by atoms with Crippen LogP contribution in [0, 0.1) is 16.0 Å². The lowest BCUT2D eigenvalue weighted by molar-refractivity contribution is -0.384. The Balaban J connectivity index is 1.62. The summed E-state index contributed by atoms with van der Waals surface area (Å²) in [5, 5.41) is 17.6. The van der Waals surface area contributed by atoms with Crippen molar-refractivity contribution in [3.63, 3.8) is 0 Å².